The van der Waals surface area contributed by atoms with Crippen molar-refractivity contribution in [1.82, 2.24) is 9.88 Å². The van der Waals surface area contributed by atoms with Crippen molar-refractivity contribution in [1.29, 1.82) is 0 Å². The van der Waals surface area contributed by atoms with Crippen LogP contribution in [-0.2, 0) is 0 Å². The Bertz CT molecular complexity index is 382. The maximum Gasteiger partial charge on any atom is 0.128 e. The Morgan fingerprint density at radius 2 is 2.00 bits per heavy atom. The summed E-state index contributed by atoms with van der Waals surface area (Å²) in [6, 6.07) is 6.56. The van der Waals surface area contributed by atoms with Crippen molar-refractivity contribution in [3.63, 3.8) is 0 Å². The molecule has 2 fully saturated rings. The van der Waals surface area contributed by atoms with Crippen molar-refractivity contribution in [3.8, 4) is 0 Å². The van der Waals surface area contributed by atoms with Gasteiger partial charge in [0.2, 0.25) is 0 Å². The van der Waals surface area contributed by atoms with Crippen LogP contribution in [-0.4, -0.2) is 48.6 Å². The zero-order chi connectivity index (χ0) is 13.1. The monoisotopic (exact) mass is 260 g/mol. The van der Waals surface area contributed by atoms with E-state index in [1.54, 1.807) is 0 Å². The molecule has 0 radical (unpaired) electrons. The molecule has 1 aliphatic heterocycles. The van der Waals surface area contributed by atoms with Gasteiger partial charge in [0.05, 0.1) is 0 Å². The predicted octanol–water partition coefficient (Wildman–Crippen LogP) is 1.33. The van der Waals surface area contributed by atoms with Crippen LogP contribution in [0.5, 0.6) is 0 Å². The first-order valence-corrected chi connectivity index (χ1v) is 7.47. The quantitative estimate of drug-likeness (QED) is 0.867. The van der Waals surface area contributed by atoms with Crippen molar-refractivity contribution < 1.29 is 0 Å². The second kappa shape index (κ2) is 5.88. The van der Waals surface area contributed by atoms with Gasteiger partial charge in [-0.05, 0) is 43.9 Å². The smallest absolute Gasteiger partial charge is 0.128 e. The molecule has 3 rings (SSSR count). The number of nitrogens with two attached hydrogens (primary N) is 1. The number of nitrogens with zero attached hydrogens (tertiary/aromatic N) is 3. The fraction of sp³-hybridized carbons (Fsp3) is 0.667. The fourth-order valence-electron chi connectivity index (χ4n) is 2.83. The summed E-state index contributed by atoms with van der Waals surface area (Å²) >= 11 is 0. The van der Waals surface area contributed by atoms with Crippen LogP contribution in [0.15, 0.2) is 24.4 Å². The molecule has 1 aliphatic carbocycles. The van der Waals surface area contributed by atoms with E-state index in [4.69, 9.17) is 5.73 Å². The molecule has 104 valence electrons. The number of piperazine rings is 1. The Morgan fingerprint density at radius 1 is 1.21 bits per heavy atom. The van der Waals surface area contributed by atoms with Crippen molar-refractivity contribution in [2.45, 2.75) is 25.3 Å². The van der Waals surface area contributed by atoms with E-state index in [1.807, 2.05) is 12.3 Å². The average Bonchev–Trinajstić information content (AvgIpc) is 3.31. The summed E-state index contributed by atoms with van der Waals surface area (Å²) in [7, 11) is 0. The number of hydrogen-bond donors (Lipinski definition) is 1. The van der Waals surface area contributed by atoms with Crippen molar-refractivity contribution >= 4 is 5.82 Å². The van der Waals surface area contributed by atoms with E-state index in [-0.39, 0.29) is 0 Å². The molecule has 2 aliphatic rings. The number of hydrogen-bond acceptors (Lipinski definition) is 4. The standard InChI is InChI=1S/C15H24N4/c16-14(13-4-5-13)6-8-18-9-11-19(12-10-18)15-3-1-2-7-17-15/h1-3,7,13-14H,4-6,8-12,16H2. The summed E-state index contributed by atoms with van der Waals surface area (Å²) < 4.78 is 0. The molecule has 1 saturated heterocycles. The lowest BCUT2D eigenvalue weighted by Gasteiger charge is -2.35. The molecular weight excluding hydrogens is 236 g/mol. The highest BCUT2D eigenvalue weighted by Gasteiger charge is 2.28. The first kappa shape index (κ1) is 12.9. The zero-order valence-corrected chi connectivity index (χ0v) is 11.5. The summed E-state index contributed by atoms with van der Waals surface area (Å²) in [4.78, 5) is 9.34. The lowest BCUT2D eigenvalue weighted by Crippen LogP contribution is -2.47. The van der Waals surface area contributed by atoms with E-state index >= 15 is 0 Å². The molecule has 1 unspecified atom stereocenters. The molecule has 0 spiro atoms. The van der Waals surface area contributed by atoms with E-state index in [0.29, 0.717) is 6.04 Å². The molecule has 2 N–H and O–H groups in total. The molecule has 0 bridgehead atoms. The third kappa shape index (κ3) is 3.45. The van der Waals surface area contributed by atoms with Crippen molar-refractivity contribution in [2.75, 3.05) is 37.6 Å². The lowest BCUT2D eigenvalue weighted by atomic mass is 10.1. The van der Waals surface area contributed by atoms with Crippen LogP contribution in [0.2, 0.25) is 0 Å². The Kier molecular flexibility index (Phi) is 3.99. The van der Waals surface area contributed by atoms with Crippen molar-refractivity contribution in [2.24, 2.45) is 11.7 Å². The van der Waals surface area contributed by atoms with Crippen LogP contribution in [0.25, 0.3) is 0 Å². The minimum atomic E-state index is 0.439. The first-order chi connectivity index (χ1) is 9.33. The Hall–Kier alpha value is -1.13. The molecule has 0 aromatic carbocycles. The molecular formula is C15H24N4. The van der Waals surface area contributed by atoms with E-state index in [2.05, 4.69) is 26.9 Å². The van der Waals surface area contributed by atoms with Crippen LogP contribution in [0, 0.1) is 5.92 Å². The Labute approximate surface area is 115 Å². The van der Waals surface area contributed by atoms with Gasteiger partial charge in [0.25, 0.3) is 0 Å². The van der Waals surface area contributed by atoms with Crippen LogP contribution >= 0.6 is 0 Å². The Morgan fingerprint density at radius 3 is 2.63 bits per heavy atom. The summed E-state index contributed by atoms with van der Waals surface area (Å²) in [5, 5.41) is 0. The van der Waals surface area contributed by atoms with Crippen LogP contribution < -0.4 is 10.6 Å². The Balaban J connectivity index is 1.42. The summed E-state index contributed by atoms with van der Waals surface area (Å²) in [5.41, 5.74) is 6.17. The van der Waals surface area contributed by atoms with Gasteiger partial charge in [-0.1, -0.05) is 6.07 Å². The molecule has 19 heavy (non-hydrogen) atoms. The zero-order valence-electron chi connectivity index (χ0n) is 11.5. The summed E-state index contributed by atoms with van der Waals surface area (Å²) in [5.74, 6) is 1.94. The third-order valence-electron chi connectivity index (χ3n) is 4.35. The minimum Gasteiger partial charge on any atom is -0.354 e. The van der Waals surface area contributed by atoms with E-state index < -0.39 is 0 Å². The second-order valence-corrected chi connectivity index (χ2v) is 5.81. The molecule has 1 aromatic heterocycles. The predicted molar refractivity (Wildman–Crippen MR) is 78.2 cm³/mol. The average molecular weight is 260 g/mol. The third-order valence-corrected chi connectivity index (χ3v) is 4.35. The maximum atomic E-state index is 6.17. The topological polar surface area (TPSA) is 45.4 Å². The van der Waals surface area contributed by atoms with Gasteiger partial charge < -0.3 is 10.6 Å². The highest BCUT2D eigenvalue weighted by Crippen LogP contribution is 2.32. The van der Waals surface area contributed by atoms with Gasteiger partial charge in [-0.25, -0.2) is 4.98 Å². The largest absolute Gasteiger partial charge is 0.354 e. The molecule has 1 aromatic rings. The molecule has 1 saturated carbocycles. The minimum absolute atomic E-state index is 0.439. The van der Waals surface area contributed by atoms with Crippen LogP contribution in [0.3, 0.4) is 0 Å². The maximum absolute atomic E-state index is 6.17. The van der Waals surface area contributed by atoms with Gasteiger partial charge >= 0.3 is 0 Å². The summed E-state index contributed by atoms with van der Waals surface area (Å²) in [6.45, 7) is 5.58. The lowest BCUT2D eigenvalue weighted by molar-refractivity contribution is 0.245. The number of pyridine rings is 1. The number of rotatable bonds is 5. The fourth-order valence-corrected chi connectivity index (χ4v) is 2.83. The van der Waals surface area contributed by atoms with Gasteiger partial charge in [-0.2, -0.15) is 0 Å². The second-order valence-electron chi connectivity index (χ2n) is 5.81. The highest BCUT2D eigenvalue weighted by atomic mass is 15.3. The molecule has 4 nitrogen and oxygen atoms in total. The molecule has 4 heteroatoms. The first-order valence-electron chi connectivity index (χ1n) is 7.47. The SMILES string of the molecule is NC(CCN1CCN(c2ccccn2)CC1)C1CC1. The van der Waals surface area contributed by atoms with Crippen molar-refractivity contribution in [3.05, 3.63) is 24.4 Å². The van der Waals surface area contributed by atoms with Gasteiger partial charge in [-0.3, -0.25) is 4.90 Å². The number of aromatic nitrogens is 1. The molecule has 0 amide bonds. The van der Waals surface area contributed by atoms with E-state index in [1.165, 1.54) is 12.8 Å². The van der Waals surface area contributed by atoms with Gasteiger partial charge in [0.1, 0.15) is 5.82 Å². The normalized spacial score (nSPS) is 22.5. The molecule has 2 heterocycles. The van der Waals surface area contributed by atoms with E-state index in [0.717, 1.165) is 50.9 Å². The number of anilines is 1. The molecule has 1 atom stereocenters. The van der Waals surface area contributed by atoms with Crippen LogP contribution in [0.4, 0.5) is 5.82 Å². The van der Waals surface area contributed by atoms with E-state index in [9.17, 15) is 0 Å². The van der Waals surface area contributed by atoms with Gasteiger partial charge in [0, 0.05) is 38.4 Å². The highest BCUT2D eigenvalue weighted by molar-refractivity contribution is 5.38. The summed E-state index contributed by atoms with van der Waals surface area (Å²) in [6.07, 6.45) is 5.74. The van der Waals surface area contributed by atoms with Gasteiger partial charge in [-0.15, -0.1) is 0 Å². The van der Waals surface area contributed by atoms with Crippen LogP contribution in [0.1, 0.15) is 19.3 Å². The van der Waals surface area contributed by atoms with Gasteiger partial charge in [0.15, 0.2) is 0 Å².